The number of sulfonamides is 2. The summed E-state index contributed by atoms with van der Waals surface area (Å²) in [4.78, 5) is -0.211. The summed E-state index contributed by atoms with van der Waals surface area (Å²) in [6, 6.07) is 8.16. The molecule has 0 bridgehead atoms. The van der Waals surface area contributed by atoms with Gasteiger partial charge in [-0.2, -0.15) is 13.1 Å². The molecule has 0 unspecified atom stereocenters. The SMILES string of the molecule is CCN(CC)S(=O)(=O)c1ccc(S(=O)(=O)Nc2ccc(OC(F)F)c(Cl)c2)cc1. The van der Waals surface area contributed by atoms with Crippen molar-refractivity contribution in [3.63, 3.8) is 0 Å². The van der Waals surface area contributed by atoms with Crippen molar-refractivity contribution in [1.82, 2.24) is 4.31 Å². The zero-order valence-electron chi connectivity index (χ0n) is 15.5. The molecule has 0 amide bonds. The van der Waals surface area contributed by atoms with Gasteiger partial charge in [-0.1, -0.05) is 25.4 Å². The molecule has 0 heterocycles. The minimum Gasteiger partial charge on any atom is -0.433 e. The first-order chi connectivity index (χ1) is 13.5. The first-order valence-corrected chi connectivity index (χ1v) is 11.7. The second kappa shape index (κ2) is 9.24. The second-order valence-corrected chi connectivity index (χ2v) is 9.72. The molecular weight excluding hydrogens is 450 g/mol. The lowest BCUT2D eigenvalue weighted by atomic mass is 10.3. The van der Waals surface area contributed by atoms with E-state index in [-0.39, 0.29) is 39.3 Å². The molecule has 7 nitrogen and oxygen atoms in total. The lowest BCUT2D eigenvalue weighted by Crippen LogP contribution is -2.30. The Morgan fingerprint density at radius 3 is 2.03 bits per heavy atom. The number of alkyl halides is 2. The predicted octanol–water partition coefficient (Wildman–Crippen LogP) is 3.77. The molecule has 29 heavy (non-hydrogen) atoms. The molecule has 0 aliphatic carbocycles. The van der Waals surface area contributed by atoms with Crippen molar-refractivity contribution in [2.75, 3.05) is 17.8 Å². The van der Waals surface area contributed by atoms with Gasteiger partial charge < -0.3 is 4.74 Å². The van der Waals surface area contributed by atoms with Crippen LogP contribution in [-0.2, 0) is 20.0 Å². The summed E-state index contributed by atoms with van der Waals surface area (Å²) in [5, 5.41) is -0.203. The highest BCUT2D eigenvalue weighted by atomic mass is 35.5. The van der Waals surface area contributed by atoms with Crippen molar-refractivity contribution in [2.45, 2.75) is 30.2 Å². The van der Waals surface area contributed by atoms with E-state index in [0.717, 1.165) is 24.3 Å². The molecule has 0 spiro atoms. The largest absolute Gasteiger partial charge is 0.433 e. The van der Waals surface area contributed by atoms with Gasteiger partial charge in [0.1, 0.15) is 5.75 Å². The molecule has 0 saturated carbocycles. The third-order valence-electron chi connectivity index (χ3n) is 3.88. The smallest absolute Gasteiger partial charge is 0.387 e. The summed E-state index contributed by atoms with van der Waals surface area (Å²) >= 11 is 5.81. The summed E-state index contributed by atoms with van der Waals surface area (Å²) in [5.41, 5.74) is 0.0245. The van der Waals surface area contributed by atoms with Gasteiger partial charge in [0.25, 0.3) is 10.0 Å². The molecule has 160 valence electrons. The van der Waals surface area contributed by atoms with E-state index < -0.39 is 26.7 Å². The average Bonchev–Trinajstić information content (AvgIpc) is 2.64. The maximum absolute atomic E-state index is 12.5. The Kier molecular flexibility index (Phi) is 7.44. The van der Waals surface area contributed by atoms with Gasteiger partial charge in [0, 0.05) is 13.1 Å². The van der Waals surface area contributed by atoms with Crippen LogP contribution in [0.3, 0.4) is 0 Å². The topological polar surface area (TPSA) is 92.8 Å². The standard InChI is InChI=1S/C17H19ClF2N2O5S2/c1-3-22(4-2)29(25,26)14-8-6-13(7-9-14)28(23,24)21-12-5-10-16(15(18)11-12)27-17(19)20/h5-11,17,21H,3-4H2,1-2H3. The maximum atomic E-state index is 12.5. The minimum atomic E-state index is -4.07. The quantitative estimate of drug-likeness (QED) is 0.604. The number of hydrogen-bond acceptors (Lipinski definition) is 5. The number of nitrogens with one attached hydrogen (secondary N) is 1. The summed E-state index contributed by atoms with van der Waals surface area (Å²) in [7, 11) is -7.78. The van der Waals surface area contributed by atoms with Crippen LogP contribution < -0.4 is 9.46 Å². The highest BCUT2D eigenvalue weighted by Gasteiger charge is 2.23. The van der Waals surface area contributed by atoms with Crippen LogP contribution in [0.15, 0.2) is 52.3 Å². The van der Waals surface area contributed by atoms with Gasteiger partial charge in [0.2, 0.25) is 10.0 Å². The molecule has 0 saturated heterocycles. The zero-order chi connectivity index (χ0) is 21.8. The highest BCUT2D eigenvalue weighted by Crippen LogP contribution is 2.30. The minimum absolute atomic E-state index is 0.0245. The summed E-state index contributed by atoms with van der Waals surface area (Å²) in [5.74, 6) is -0.296. The van der Waals surface area contributed by atoms with E-state index in [2.05, 4.69) is 9.46 Å². The van der Waals surface area contributed by atoms with Gasteiger partial charge >= 0.3 is 6.61 Å². The van der Waals surface area contributed by atoms with Crippen LogP contribution in [0.1, 0.15) is 13.8 Å². The van der Waals surface area contributed by atoms with Crippen molar-refractivity contribution >= 4 is 37.3 Å². The van der Waals surface area contributed by atoms with Crippen molar-refractivity contribution < 1.29 is 30.4 Å². The number of ether oxygens (including phenoxy) is 1. The van der Waals surface area contributed by atoms with Crippen molar-refractivity contribution in [1.29, 1.82) is 0 Å². The Balaban J connectivity index is 2.25. The fraction of sp³-hybridized carbons (Fsp3) is 0.294. The lowest BCUT2D eigenvalue weighted by molar-refractivity contribution is -0.0497. The summed E-state index contributed by atoms with van der Waals surface area (Å²) < 4.78 is 82.2. The molecule has 0 aliphatic rings. The van der Waals surface area contributed by atoms with E-state index in [4.69, 9.17) is 11.6 Å². The second-order valence-electron chi connectivity index (χ2n) is 5.69. The Hall–Kier alpha value is -1.95. The van der Waals surface area contributed by atoms with Gasteiger partial charge in [-0.15, -0.1) is 0 Å². The van der Waals surface area contributed by atoms with Gasteiger partial charge in [-0.25, -0.2) is 16.8 Å². The third-order valence-corrected chi connectivity index (χ3v) is 7.63. The monoisotopic (exact) mass is 468 g/mol. The molecule has 12 heteroatoms. The van der Waals surface area contributed by atoms with Gasteiger partial charge in [-0.05, 0) is 42.5 Å². The van der Waals surface area contributed by atoms with Crippen molar-refractivity contribution in [3.8, 4) is 5.75 Å². The molecule has 1 N–H and O–H groups in total. The van der Waals surface area contributed by atoms with E-state index >= 15 is 0 Å². The Bertz CT molecular complexity index is 1060. The van der Waals surface area contributed by atoms with Crippen LogP contribution in [0.4, 0.5) is 14.5 Å². The highest BCUT2D eigenvalue weighted by molar-refractivity contribution is 7.92. The van der Waals surface area contributed by atoms with E-state index in [0.29, 0.717) is 0 Å². The first kappa shape index (κ1) is 23.3. The Morgan fingerprint density at radius 2 is 1.55 bits per heavy atom. The van der Waals surface area contributed by atoms with E-state index in [1.807, 2.05) is 0 Å². The molecule has 0 radical (unpaired) electrons. The third kappa shape index (κ3) is 5.56. The predicted molar refractivity (Wildman–Crippen MR) is 105 cm³/mol. The van der Waals surface area contributed by atoms with Crippen LogP contribution in [0, 0.1) is 0 Å². The van der Waals surface area contributed by atoms with Crippen LogP contribution in [0.25, 0.3) is 0 Å². The number of benzene rings is 2. The average molecular weight is 469 g/mol. The molecule has 0 aromatic heterocycles. The number of hydrogen-bond donors (Lipinski definition) is 1. The fourth-order valence-corrected chi connectivity index (χ4v) is 5.21. The fourth-order valence-electron chi connectivity index (χ4n) is 2.47. The number of anilines is 1. The number of rotatable bonds is 9. The van der Waals surface area contributed by atoms with Crippen molar-refractivity contribution in [3.05, 3.63) is 47.5 Å². The molecule has 2 aromatic rings. The maximum Gasteiger partial charge on any atom is 0.387 e. The Morgan fingerprint density at radius 1 is 1.00 bits per heavy atom. The van der Waals surface area contributed by atoms with E-state index in [9.17, 15) is 25.6 Å². The van der Waals surface area contributed by atoms with Crippen LogP contribution in [0.2, 0.25) is 5.02 Å². The van der Waals surface area contributed by atoms with Crippen LogP contribution in [-0.4, -0.2) is 40.8 Å². The van der Waals surface area contributed by atoms with E-state index in [1.54, 1.807) is 13.8 Å². The molecule has 0 aliphatic heterocycles. The summed E-state index contributed by atoms with van der Waals surface area (Å²) in [6.45, 7) is 0.902. The molecule has 2 rings (SSSR count). The Labute approximate surface area is 173 Å². The van der Waals surface area contributed by atoms with Crippen molar-refractivity contribution in [2.24, 2.45) is 0 Å². The normalized spacial score (nSPS) is 12.4. The van der Waals surface area contributed by atoms with E-state index in [1.165, 1.54) is 22.5 Å². The molecule has 0 atom stereocenters. The molecule has 2 aromatic carbocycles. The van der Waals surface area contributed by atoms with Crippen LogP contribution >= 0.6 is 11.6 Å². The molecular formula is C17H19ClF2N2O5S2. The van der Waals surface area contributed by atoms with Gasteiger partial charge in [-0.3, -0.25) is 4.72 Å². The van der Waals surface area contributed by atoms with Crippen LogP contribution in [0.5, 0.6) is 5.75 Å². The number of halogens is 3. The van der Waals surface area contributed by atoms with Gasteiger partial charge in [0.05, 0.1) is 20.5 Å². The van der Waals surface area contributed by atoms with Gasteiger partial charge in [0.15, 0.2) is 0 Å². The zero-order valence-corrected chi connectivity index (χ0v) is 17.9. The lowest BCUT2D eigenvalue weighted by Gasteiger charge is -2.18. The molecule has 0 fully saturated rings. The number of nitrogens with zero attached hydrogens (tertiary/aromatic N) is 1. The first-order valence-electron chi connectivity index (χ1n) is 8.38. The summed E-state index contributed by atoms with van der Waals surface area (Å²) in [6.07, 6.45) is 0.